The van der Waals surface area contributed by atoms with Gasteiger partial charge < -0.3 is 14.0 Å². The fraction of sp³-hybridized carbons (Fsp3) is 0.132. The maximum atomic E-state index is 2.50. The van der Waals surface area contributed by atoms with Crippen LogP contribution in [0.2, 0.25) is 0 Å². The van der Waals surface area contributed by atoms with Crippen molar-refractivity contribution in [2.75, 3.05) is 4.90 Å². The molecule has 2 aromatic heterocycles. The van der Waals surface area contributed by atoms with Gasteiger partial charge in [0, 0.05) is 49.4 Å². The highest BCUT2D eigenvalue weighted by molar-refractivity contribution is 6.20. The van der Waals surface area contributed by atoms with E-state index in [-0.39, 0.29) is 32.5 Å². The van der Waals surface area contributed by atoms with Gasteiger partial charge in [-0.15, -0.1) is 0 Å². The monoisotopic (exact) mass is 1780 g/mol. The summed E-state index contributed by atoms with van der Waals surface area (Å²) in [5, 5.41) is 31.1. The molecule has 0 saturated heterocycles. The molecule has 2 heterocycles. The number of nitrogens with zero attached hydrogens (tertiary/aromatic N) is 3. The van der Waals surface area contributed by atoms with Crippen LogP contribution in [0.5, 0.6) is 0 Å². The van der Waals surface area contributed by atoms with Gasteiger partial charge in [0.25, 0.3) is 0 Å². The van der Waals surface area contributed by atoms with Crippen molar-refractivity contribution in [3.8, 4) is 55.9 Å². The summed E-state index contributed by atoms with van der Waals surface area (Å²) in [6, 6.07) is 160. The molecular formula is C136H107N3. The molecule has 0 radical (unpaired) electrons. The van der Waals surface area contributed by atoms with E-state index < -0.39 is 0 Å². The van der Waals surface area contributed by atoms with Crippen LogP contribution in [0, 0.1) is 0 Å². The summed E-state index contributed by atoms with van der Waals surface area (Å²) in [4.78, 5) is 2.49. The smallest absolute Gasteiger partial charge is 0.0541 e. The Balaban J connectivity index is 0.000000108. The average molecular weight is 1780 g/mol. The molecule has 23 aromatic carbocycles. The maximum Gasteiger partial charge on any atom is 0.0541 e. The molecule has 0 atom stereocenters. The second-order valence-corrected chi connectivity index (χ2v) is 42.5. The SMILES string of the molecule is CC1(C)c2cc3ccc4c(-c5ccc(-n6c7ccccc7c7ccccc76)cc5)cccc4c3cc2-c2c(ccc3ccccc23)C1(C)C.CC1(C)c2cc3ccc4c(-n5c6ccccc6c6ccccc65)cccc4c3cc2-c2c(ccc3ccccc23)C1(C)C.CC1(C)c2ccc3c(ccc4ccccc43)c2-c2cccc(N(c3ccccc3)c3ccc4ccc5ccccc5c4c3)c2C1(C)C. The molecule has 0 bridgehead atoms. The van der Waals surface area contributed by atoms with E-state index in [4.69, 9.17) is 0 Å². The molecule has 28 rings (SSSR count). The fourth-order valence-electron chi connectivity index (χ4n) is 25.1. The lowest BCUT2D eigenvalue weighted by molar-refractivity contribution is 0.299. The van der Waals surface area contributed by atoms with Crippen LogP contribution in [0.3, 0.4) is 0 Å². The zero-order valence-electron chi connectivity index (χ0n) is 80.8. The standard InChI is InChI=1S/C48H37N.C46H37N.C42H33N/c1-47(2)42-27-23-30-12-5-6-13-35(30)46(42)41-29-40-32(28-43(41)48(47,3)4)22-26-37-34(16-11-17-36(37)40)31-20-24-33(25-21-31)49-44-18-9-7-14-38(44)39-15-8-10-19-45(39)49;1-45(2)41-28-27-37-35-17-10-8-14-31(35)24-26-38(37)43(41)39-19-12-20-42(44(39)46(45,3)4)47(33-15-6-5-7-16-33)34-25-23-32-22-21-30-13-9-11-18-36(30)40(32)29-34;1-41(2)35-23-21-26-12-5-6-13-28(26)40(35)34-25-33-27(24-36(34)42(41,3)4)20-22-32-29(33)16-11-19-39(32)43-37-17-9-7-14-30(37)31-15-8-10-18-38(31)43/h5-29H,1-4H3;5-29H,1-4H3;5-25H,1-4H3. The lowest BCUT2D eigenvalue weighted by Gasteiger charge is -2.50. The Labute approximate surface area is 812 Å². The predicted octanol–water partition coefficient (Wildman–Crippen LogP) is 37.6. The van der Waals surface area contributed by atoms with E-state index in [9.17, 15) is 0 Å². The molecule has 0 amide bonds. The van der Waals surface area contributed by atoms with Crippen LogP contribution in [0.4, 0.5) is 17.1 Å². The van der Waals surface area contributed by atoms with Crippen molar-refractivity contribution in [2.24, 2.45) is 0 Å². The molecule has 3 nitrogen and oxygen atoms in total. The first-order valence-corrected chi connectivity index (χ1v) is 49.5. The fourth-order valence-corrected chi connectivity index (χ4v) is 25.1. The minimum Gasteiger partial charge on any atom is -0.310 e. The molecule has 0 aliphatic heterocycles. The summed E-state index contributed by atoms with van der Waals surface area (Å²) in [5.41, 5.74) is 29.8. The highest BCUT2D eigenvalue weighted by atomic mass is 15.1. The van der Waals surface area contributed by atoms with Gasteiger partial charge in [0.2, 0.25) is 0 Å². The van der Waals surface area contributed by atoms with Gasteiger partial charge in [-0.25, -0.2) is 0 Å². The van der Waals surface area contributed by atoms with Crippen molar-refractivity contribution < 1.29 is 0 Å². The summed E-state index contributed by atoms with van der Waals surface area (Å²) in [6.45, 7) is 29.2. The van der Waals surface area contributed by atoms with Crippen LogP contribution < -0.4 is 4.90 Å². The minimum absolute atomic E-state index is 0.0202. The molecule has 25 aromatic rings. The molecule has 3 aliphatic rings. The van der Waals surface area contributed by atoms with Crippen LogP contribution in [0.25, 0.3) is 207 Å². The third-order valence-corrected chi connectivity index (χ3v) is 34.4. The molecular weight excluding hydrogens is 1680 g/mol. The van der Waals surface area contributed by atoms with Gasteiger partial charge in [-0.2, -0.15) is 0 Å². The number of aromatic nitrogens is 2. The molecule has 0 spiro atoms. The molecule has 3 heteroatoms. The second-order valence-electron chi connectivity index (χ2n) is 42.5. The van der Waals surface area contributed by atoms with E-state index in [1.165, 1.54) is 246 Å². The van der Waals surface area contributed by atoms with E-state index in [1.54, 1.807) is 0 Å². The zero-order valence-corrected chi connectivity index (χ0v) is 80.8. The number of hydrogen-bond donors (Lipinski definition) is 0. The number of fused-ring (bicyclic) bond motifs is 32. The van der Waals surface area contributed by atoms with Crippen LogP contribution in [-0.2, 0) is 32.5 Å². The van der Waals surface area contributed by atoms with Crippen molar-refractivity contribution in [3.05, 3.63) is 464 Å². The average Bonchev–Trinajstić information content (AvgIpc) is 1.59. The van der Waals surface area contributed by atoms with E-state index in [0.29, 0.717) is 0 Å². The Morgan fingerprint density at radius 2 is 0.525 bits per heavy atom. The highest BCUT2D eigenvalue weighted by Gasteiger charge is 2.51. The molecule has 0 saturated carbocycles. The molecule has 139 heavy (non-hydrogen) atoms. The van der Waals surface area contributed by atoms with Gasteiger partial charge in [-0.1, -0.05) is 417 Å². The van der Waals surface area contributed by atoms with Crippen LogP contribution in [0.1, 0.15) is 116 Å². The quantitative estimate of drug-likeness (QED) is 0.151. The van der Waals surface area contributed by atoms with E-state index >= 15 is 0 Å². The summed E-state index contributed by atoms with van der Waals surface area (Å²) in [7, 11) is 0. The number of benzene rings is 23. The van der Waals surface area contributed by atoms with Gasteiger partial charge in [-0.3, -0.25) is 0 Å². The van der Waals surface area contributed by atoms with Gasteiger partial charge in [-0.05, 0) is 304 Å². The third-order valence-electron chi connectivity index (χ3n) is 34.4. The first-order valence-electron chi connectivity index (χ1n) is 49.5. The van der Waals surface area contributed by atoms with E-state index in [2.05, 4.69) is 528 Å². The largest absolute Gasteiger partial charge is 0.310 e. The molecule has 0 fully saturated rings. The first-order chi connectivity index (χ1) is 67.5. The van der Waals surface area contributed by atoms with Crippen molar-refractivity contribution in [2.45, 2.75) is 116 Å². The third kappa shape index (κ3) is 12.2. The molecule has 0 N–H and O–H groups in total. The van der Waals surface area contributed by atoms with Crippen molar-refractivity contribution in [1.29, 1.82) is 0 Å². The van der Waals surface area contributed by atoms with Gasteiger partial charge in [0.1, 0.15) is 0 Å². The lowest BCUT2D eigenvalue weighted by atomic mass is 9.54. The van der Waals surface area contributed by atoms with Crippen LogP contribution >= 0.6 is 0 Å². The first kappa shape index (κ1) is 83.6. The molecule has 0 unspecified atom stereocenters. The van der Waals surface area contributed by atoms with Crippen molar-refractivity contribution in [1.82, 2.24) is 9.13 Å². The van der Waals surface area contributed by atoms with E-state index in [0.717, 1.165) is 11.4 Å². The molecule has 666 valence electrons. The minimum atomic E-state index is -0.174. The Bertz CT molecular complexity index is 9410. The second kappa shape index (κ2) is 30.8. The summed E-state index contributed by atoms with van der Waals surface area (Å²) in [6.07, 6.45) is 0. The summed E-state index contributed by atoms with van der Waals surface area (Å²) >= 11 is 0. The topological polar surface area (TPSA) is 13.1 Å². The number of anilines is 3. The van der Waals surface area contributed by atoms with Crippen molar-refractivity contribution in [3.63, 3.8) is 0 Å². The predicted molar refractivity (Wildman–Crippen MR) is 598 cm³/mol. The summed E-state index contributed by atoms with van der Waals surface area (Å²) in [5.74, 6) is 0. The van der Waals surface area contributed by atoms with Crippen LogP contribution in [-0.4, -0.2) is 9.13 Å². The van der Waals surface area contributed by atoms with Gasteiger partial charge in [0.05, 0.1) is 33.4 Å². The zero-order chi connectivity index (χ0) is 94.1. The van der Waals surface area contributed by atoms with Crippen molar-refractivity contribution >= 4 is 168 Å². The Kier molecular flexibility index (Phi) is 18.5. The highest BCUT2D eigenvalue weighted by Crippen LogP contribution is 2.63. The van der Waals surface area contributed by atoms with Crippen LogP contribution in [0.15, 0.2) is 431 Å². The lowest BCUT2D eigenvalue weighted by Crippen LogP contribution is -2.44. The summed E-state index contributed by atoms with van der Waals surface area (Å²) < 4.78 is 4.84. The maximum absolute atomic E-state index is 2.50. The van der Waals surface area contributed by atoms with E-state index in [1.807, 2.05) is 0 Å². The molecule has 3 aliphatic carbocycles. The number of para-hydroxylation sites is 5. The Morgan fingerprint density at radius 1 is 0.180 bits per heavy atom. The Hall–Kier alpha value is -15.9. The van der Waals surface area contributed by atoms with Gasteiger partial charge >= 0.3 is 0 Å². The Morgan fingerprint density at radius 3 is 1.06 bits per heavy atom. The van der Waals surface area contributed by atoms with Gasteiger partial charge in [0.15, 0.2) is 0 Å². The number of hydrogen-bond acceptors (Lipinski definition) is 1. The number of rotatable bonds is 6. The normalized spacial score (nSPS) is 15.0.